The highest BCUT2D eigenvalue weighted by molar-refractivity contribution is 7.15. The molecule has 0 aliphatic carbocycles. The van der Waals surface area contributed by atoms with Gasteiger partial charge in [-0.2, -0.15) is 9.38 Å². The molecule has 0 aliphatic heterocycles. The summed E-state index contributed by atoms with van der Waals surface area (Å²) < 4.78 is 1.43. The molecule has 1 aromatic carbocycles. The van der Waals surface area contributed by atoms with Crippen molar-refractivity contribution in [1.29, 1.82) is 0 Å². The number of thiazole rings is 1. The molecule has 0 saturated carbocycles. The van der Waals surface area contributed by atoms with E-state index in [0.717, 1.165) is 0 Å². The van der Waals surface area contributed by atoms with Gasteiger partial charge in [0.25, 0.3) is 4.96 Å². The summed E-state index contributed by atoms with van der Waals surface area (Å²) in [6.07, 6.45) is 1.61. The number of rotatable bonds is 4. The quantitative estimate of drug-likeness (QED) is 0.569. The van der Waals surface area contributed by atoms with Crippen LogP contribution < -0.4 is 5.32 Å². The number of imidazole rings is 1. The minimum Gasteiger partial charge on any atom is -0.508 e. The topological polar surface area (TPSA) is 92.7 Å². The van der Waals surface area contributed by atoms with Crippen LogP contribution in [0.15, 0.2) is 35.8 Å². The number of para-hydroxylation sites is 1. The molecule has 20 heavy (non-hydrogen) atoms. The highest BCUT2D eigenvalue weighted by Crippen LogP contribution is 2.28. The van der Waals surface area contributed by atoms with Crippen LogP contribution in [-0.4, -0.2) is 19.4 Å². The second-order valence-electron chi connectivity index (χ2n) is 4.08. The van der Waals surface area contributed by atoms with E-state index >= 15 is 0 Å². The van der Waals surface area contributed by atoms with Gasteiger partial charge in [-0.3, -0.25) is 0 Å². The number of hydrogen-bond donors (Lipinski definition) is 2. The number of nitrogens with one attached hydrogen (secondary N) is 1. The summed E-state index contributed by atoms with van der Waals surface area (Å²) in [6, 6.07) is 6.81. The number of nitro groups is 1. The lowest BCUT2D eigenvalue weighted by Crippen LogP contribution is -2.03. The van der Waals surface area contributed by atoms with Gasteiger partial charge in [0.05, 0.1) is 0 Å². The Hall–Kier alpha value is -2.61. The fourth-order valence-corrected chi connectivity index (χ4v) is 2.62. The predicted octanol–water partition coefficient (Wildman–Crippen LogP) is 2.62. The van der Waals surface area contributed by atoms with E-state index in [9.17, 15) is 15.2 Å². The fraction of sp³-hybridized carbons (Fsp3) is 0.0833. The van der Waals surface area contributed by atoms with Crippen molar-refractivity contribution in [1.82, 2.24) is 9.38 Å². The Morgan fingerprint density at radius 1 is 1.45 bits per heavy atom. The molecule has 0 aliphatic rings. The maximum atomic E-state index is 11.1. The van der Waals surface area contributed by atoms with Crippen molar-refractivity contribution in [2.24, 2.45) is 0 Å². The van der Waals surface area contributed by atoms with Gasteiger partial charge in [0.1, 0.15) is 11.9 Å². The average Bonchev–Trinajstić information content (AvgIpc) is 2.97. The van der Waals surface area contributed by atoms with E-state index in [1.165, 1.54) is 15.7 Å². The summed E-state index contributed by atoms with van der Waals surface area (Å²) in [5, 5.41) is 25.4. The molecule has 0 fully saturated rings. The number of aromatic nitrogens is 2. The van der Waals surface area contributed by atoms with E-state index in [0.29, 0.717) is 10.5 Å². The van der Waals surface area contributed by atoms with E-state index < -0.39 is 4.92 Å². The Morgan fingerprint density at radius 2 is 2.25 bits per heavy atom. The number of phenolic OH excluding ortho intramolecular Hbond substituents is 1. The van der Waals surface area contributed by atoms with E-state index in [2.05, 4.69) is 10.3 Å². The summed E-state index contributed by atoms with van der Waals surface area (Å²) in [4.78, 5) is 15.4. The van der Waals surface area contributed by atoms with Gasteiger partial charge < -0.3 is 20.5 Å². The van der Waals surface area contributed by atoms with Gasteiger partial charge in [-0.25, -0.2) is 0 Å². The molecule has 102 valence electrons. The standard InChI is InChI=1S/C12H10N4O3S/c17-9-4-2-1-3-8(9)7-13-10-11(16(18)19)15-5-6-20-12(15)14-10/h1-6,13,17H,7H2. The number of hydrogen-bond acceptors (Lipinski definition) is 6. The molecule has 0 saturated heterocycles. The van der Waals surface area contributed by atoms with Gasteiger partial charge in [0.15, 0.2) is 0 Å². The molecule has 2 N–H and O–H groups in total. The Kier molecular flexibility index (Phi) is 2.99. The van der Waals surface area contributed by atoms with E-state index in [4.69, 9.17) is 0 Å². The number of phenols is 1. The zero-order valence-corrected chi connectivity index (χ0v) is 11.0. The number of aromatic hydroxyl groups is 1. The smallest absolute Gasteiger partial charge is 0.372 e. The molecular formula is C12H10N4O3S. The van der Waals surface area contributed by atoms with Gasteiger partial charge in [0.2, 0.25) is 5.82 Å². The molecule has 3 aromatic rings. The summed E-state index contributed by atoms with van der Waals surface area (Å²) in [6.45, 7) is 0.262. The van der Waals surface area contributed by atoms with Gasteiger partial charge in [-0.05, 0) is 11.0 Å². The van der Waals surface area contributed by atoms with Crippen LogP contribution in [0.5, 0.6) is 5.75 Å². The molecule has 7 nitrogen and oxygen atoms in total. The lowest BCUT2D eigenvalue weighted by atomic mass is 10.2. The summed E-state index contributed by atoms with van der Waals surface area (Å²) >= 11 is 1.32. The van der Waals surface area contributed by atoms with Crippen molar-refractivity contribution in [3.8, 4) is 5.75 Å². The first-order valence-corrected chi connectivity index (χ1v) is 6.65. The van der Waals surface area contributed by atoms with Crippen LogP contribution in [0.2, 0.25) is 0 Å². The Balaban J connectivity index is 1.91. The zero-order chi connectivity index (χ0) is 14.1. The number of anilines is 1. The van der Waals surface area contributed by atoms with Crippen molar-refractivity contribution in [3.63, 3.8) is 0 Å². The first-order chi connectivity index (χ1) is 9.66. The van der Waals surface area contributed by atoms with E-state index in [1.807, 2.05) is 0 Å². The van der Waals surface area contributed by atoms with Crippen molar-refractivity contribution >= 4 is 27.9 Å². The first kappa shape index (κ1) is 12.4. The number of fused-ring (bicyclic) bond motifs is 1. The van der Waals surface area contributed by atoms with Crippen LogP contribution in [-0.2, 0) is 6.54 Å². The van der Waals surface area contributed by atoms with Gasteiger partial charge in [-0.15, -0.1) is 0 Å². The molecule has 8 heteroatoms. The summed E-state index contributed by atoms with van der Waals surface area (Å²) in [7, 11) is 0. The van der Waals surface area contributed by atoms with Gasteiger partial charge in [0, 0.05) is 17.5 Å². The Bertz CT molecular complexity index is 780. The van der Waals surface area contributed by atoms with Crippen molar-refractivity contribution < 1.29 is 10.0 Å². The van der Waals surface area contributed by atoms with Gasteiger partial charge >= 0.3 is 5.82 Å². The molecule has 0 radical (unpaired) electrons. The SMILES string of the molecule is O=[N+]([O-])c1c(NCc2ccccc2O)nc2sccn12. The molecule has 0 unspecified atom stereocenters. The van der Waals surface area contributed by atoms with Crippen molar-refractivity contribution in [3.05, 3.63) is 51.5 Å². The molecule has 0 bridgehead atoms. The van der Waals surface area contributed by atoms with Crippen LogP contribution >= 0.6 is 11.3 Å². The Labute approximate surface area is 117 Å². The summed E-state index contributed by atoms with van der Waals surface area (Å²) in [5.74, 6) is 0.241. The molecule has 3 rings (SSSR count). The highest BCUT2D eigenvalue weighted by Gasteiger charge is 2.23. The van der Waals surface area contributed by atoms with Crippen LogP contribution in [0, 0.1) is 10.1 Å². The lowest BCUT2D eigenvalue weighted by molar-refractivity contribution is -0.389. The maximum Gasteiger partial charge on any atom is 0.372 e. The third-order valence-corrected chi connectivity index (χ3v) is 3.60. The lowest BCUT2D eigenvalue weighted by Gasteiger charge is -2.05. The number of benzene rings is 1. The van der Waals surface area contributed by atoms with Crippen molar-refractivity contribution in [2.75, 3.05) is 5.32 Å². The summed E-state index contributed by atoms with van der Waals surface area (Å²) in [5.41, 5.74) is 0.651. The maximum absolute atomic E-state index is 11.1. The molecule has 0 amide bonds. The second kappa shape index (κ2) is 4.82. The normalized spacial score (nSPS) is 10.8. The van der Waals surface area contributed by atoms with Crippen LogP contribution in [0.4, 0.5) is 11.6 Å². The zero-order valence-electron chi connectivity index (χ0n) is 10.2. The van der Waals surface area contributed by atoms with Gasteiger partial charge in [-0.1, -0.05) is 29.5 Å². The minimum absolute atomic E-state index is 0.100. The van der Waals surface area contributed by atoms with Crippen LogP contribution in [0.3, 0.4) is 0 Å². The molecular weight excluding hydrogens is 280 g/mol. The van der Waals surface area contributed by atoms with Crippen LogP contribution in [0.25, 0.3) is 4.96 Å². The monoisotopic (exact) mass is 290 g/mol. The largest absolute Gasteiger partial charge is 0.508 e. The molecule has 0 atom stereocenters. The molecule has 0 spiro atoms. The fourth-order valence-electron chi connectivity index (χ4n) is 1.91. The molecule has 2 heterocycles. The van der Waals surface area contributed by atoms with E-state index in [1.54, 1.807) is 35.8 Å². The molecule has 2 aromatic heterocycles. The predicted molar refractivity (Wildman–Crippen MR) is 75.2 cm³/mol. The highest BCUT2D eigenvalue weighted by atomic mass is 32.1. The van der Waals surface area contributed by atoms with Crippen molar-refractivity contribution in [2.45, 2.75) is 6.54 Å². The average molecular weight is 290 g/mol. The third-order valence-electron chi connectivity index (χ3n) is 2.85. The third kappa shape index (κ3) is 2.05. The van der Waals surface area contributed by atoms with E-state index in [-0.39, 0.29) is 23.9 Å². The minimum atomic E-state index is -0.472. The van der Waals surface area contributed by atoms with Crippen LogP contribution in [0.1, 0.15) is 5.56 Å². The second-order valence-corrected chi connectivity index (χ2v) is 4.95. The Morgan fingerprint density at radius 3 is 3.00 bits per heavy atom. The number of nitrogens with zero attached hydrogens (tertiary/aromatic N) is 3. The first-order valence-electron chi connectivity index (χ1n) is 5.77.